The summed E-state index contributed by atoms with van der Waals surface area (Å²) < 4.78 is 20.4. The van der Waals surface area contributed by atoms with Crippen LogP contribution in [-0.2, 0) is 16.1 Å². The van der Waals surface area contributed by atoms with Gasteiger partial charge in [-0.05, 0) is 43.8 Å². The summed E-state index contributed by atoms with van der Waals surface area (Å²) in [5, 5.41) is 0. The normalized spacial score (nSPS) is 10.8. The number of aromatic nitrogens is 2. The van der Waals surface area contributed by atoms with Crippen LogP contribution in [0.3, 0.4) is 0 Å². The van der Waals surface area contributed by atoms with E-state index in [4.69, 9.17) is 17.0 Å². The van der Waals surface area contributed by atoms with E-state index in [1.54, 1.807) is 17.6 Å². The molecule has 1 N–H and O–H groups in total. The van der Waals surface area contributed by atoms with E-state index in [-0.39, 0.29) is 11.8 Å². The fourth-order valence-electron chi connectivity index (χ4n) is 1.96. The molecule has 4 nitrogen and oxygen atoms in total. The molecule has 2 aromatic rings. The minimum Gasteiger partial charge on any atom is -0.466 e. The molecule has 1 heterocycles. The average Bonchev–Trinajstić information content (AvgIpc) is 2.66. The lowest BCUT2D eigenvalue weighted by Crippen LogP contribution is -2.06. The van der Waals surface area contributed by atoms with Gasteiger partial charge in [0.2, 0.25) is 0 Å². The van der Waals surface area contributed by atoms with Crippen LogP contribution in [0.15, 0.2) is 18.2 Å². The third kappa shape index (κ3) is 3.20. The molecule has 0 aliphatic heterocycles. The van der Waals surface area contributed by atoms with Crippen molar-refractivity contribution in [1.29, 1.82) is 0 Å². The molecule has 1 aromatic carbocycles. The van der Waals surface area contributed by atoms with Crippen molar-refractivity contribution < 1.29 is 13.9 Å². The molecule has 2 rings (SSSR count). The van der Waals surface area contributed by atoms with E-state index < -0.39 is 0 Å². The standard InChI is InChI=1S/C13H15FN2O2S/c1-2-18-12(17)4-3-7-16-11-8-9(14)5-6-10(11)15-13(16)19/h5-6,8H,2-4,7H2,1H3,(H,15,19). The van der Waals surface area contributed by atoms with Gasteiger partial charge in [0, 0.05) is 13.0 Å². The number of carbonyl (C=O) groups excluding carboxylic acids is 1. The van der Waals surface area contributed by atoms with Crippen molar-refractivity contribution in [2.75, 3.05) is 6.61 Å². The van der Waals surface area contributed by atoms with E-state index in [0.717, 1.165) is 5.52 Å². The molecule has 0 saturated heterocycles. The lowest BCUT2D eigenvalue weighted by Gasteiger charge is -2.04. The topological polar surface area (TPSA) is 47.0 Å². The quantitative estimate of drug-likeness (QED) is 0.677. The predicted molar refractivity (Wildman–Crippen MR) is 72.9 cm³/mol. The van der Waals surface area contributed by atoms with Crippen LogP contribution in [0.1, 0.15) is 19.8 Å². The SMILES string of the molecule is CCOC(=O)CCCn1c(=S)[nH]c2ccc(F)cc21. The fourth-order valence-corrected chi connectivity index (χ4v) is 2.26. The Kier molecular flexibility index (Phi) is 4.31. The Hall–Kier alpha value is -1.69. The molecular weight excluding hydrogens is 267 g/mol. The Labute approximate surface area is 115 Å². The summed E-state index contributed by atoms with van der Waals surface area (Å²) in [5.41, 5.74) is 1.51. The number of hydrogen-bond donors (Lipinski definition) is 1. The largest absolute Gasteiger partial charge is 0.466 e. The van der Waals surface area contributed by atoms with Crippen LogP contribution in [0.25, 0.3) is 11.0 Å². The molecule has 1 aromatic heterocycles. The number of H-pyrrole nitrogens is 1. The number of aryl methyl sites for hydroxylation is 1. The van der Waals surface area contributed by atoms with Crippen molar-refractivity contribution in [3.05, 3.63) is 28.8 Å². The predicted octanol–water partition coefficient (Wildman–Crippen LogP) is 3.18. The number of hydrogen-bond acceptors (Lipinski definition) is 3. The van der Waals surface area contributed by atoms with Crippen molar-refractivity contribution in [3.63, 3.8) is 0 Å². The number of fused-ring (bicyclic) bond motifs is 1. The van der Waals surface area contributed by atoms with Crippen LogP contribution in [0.4, 0.5) is 4.39 Å². The first kappa shape index (κ1) is 13.7. The molecule has 0 bridgehead atoms. The summed E-state index contributed by atoms with van der Waals surface area (Å²) in [5.74, 6) is -0.527. The molecule has 0 aliphatic rings. The Morgan fingerprint density at radius 3 is 3.05 bits per heavy atom. The van der Waals surface area contributed by atoms with Crippen LogP contribution in [0.5, 0.6) is 0 Å². The highest BCUT2D eigenvalue weighted by atomic mass is 32.1. The van der Waals surface area contributed by atoms with Gasteiger partial charge in [0.15, 0.2) is 4.77 Å². The molecule has 0 unspecified atom stereocenters. The molecule has 0 atom stereocenters. The first-order valence-electron chi connectivity index (χ1n) is 6.15. The molecule has 102 valence electrons. The number of rotatable bonds is 5. The maximum Gasteiger partial charge on any atom is 0.305 e. The highest BCUT2D eigenvalue weighted by Crippen LogP contribution is 2.16. The first-order valence-corrected chi connectivity index (χ1v) is 6.56. The zero-order valence-electron chi connectivity index (χ0n) is 10.6. The minimum atomic E-state index is -0.305. The first-order chi connectivity index (χ1) is 9.11. The van der Waals surface area contributed by atoms with E-state index in [9.17, 15) is 9.18 Å². The number of ether oxygens (including phenoxy) is 1. The summed E-state index contributed by atoms with van der Waals surface area (Å²) in [7, 11) is 0. The number of carbonyl (C=O) groups is 1. The Bertz CT molecular complexity index is 648. The smallest absolute Gasteiger partial charge is 0.305 e. The van der Waals surface area contributed by atoms with E-state index in [1.807, 2.05) is 0 Å². The van der Waals surface area contributed by atoms with Gasteiger partial charge in [0.05, 0.1) is 17.6 Å². The summed E-state index contributed by atoms with van der Waals surface area (Å²) in [6.07, 6.45) is 0.939. The van der Waals surface area contributed by atoms with Crippen molar-refractivity contribution in [2.45, 2.75) is 26.3 Å². The Morgan fingerprint density at radius 2 is 2.32 bits per heavy atom. The zero-order chi connectivity index (χ0) is 13.8. The van der Waals surface area contributed by atoms with Gasteiger partial charge in [-0.1, -0.05) is 0 Å². The van der Waals surface area contributed by atoms with Gasteiger partial charge in [0.1, 0.15) is 5.82 Å². The van der Waals surface area contributed by atoms with Crippen LogP contribution in [-0.4, -0.2) is 22.1 Å². The van der Waals surface area contributed by atoms with Gasteiger partial charge >= 0.3 is 5.97 Å². The molecule has 0 saturated carbocycles. The summed E-state index contributed by atoms with van der Waals surface area (Å²) in [6.45, 7) is 2.72. The molecule has 19 heavy (non-hydrogen) atoms. The highest BCUT2D eigenvalue weighted by molar-refractivity contribution is 7.71. The van der Waals surface area contributed by atoms with Gasteiger partial charge < -0.3 is 14.3 Å². The maximum atomic E-state index is 13.2. The van der Waals surface area contributed by atoms with Crippen LogP contribution in [0, 0.1) is 10.6 Å². The number of esters is 1. The second kappa shape index (κ2) is 5.97. The second-order valence-electron chi connectivity index (χ2n) is 4.15. The lowest BCUT2D eigenvalue weighted by molar-refractivity contribution is -0.143. The van der Waals surface area contributed by atoms with Gasteiger partial charge in [-0.2, -0.15) is 0 Å². The van der Waals surface area contributed by atoms with E-state index >= 15 is 0 Å². The van der Waals surface area contributed by atoms with E-state index in [2.05, 4.69) is 4.98 Å². The zero-order valence-corrected chi connectivity index (χ0v) is 11.4. The molecule has 0 fully saturated rings. The summed E-state index contributed by atoms with van der Waals surface area (Å²) >= 11 is 5.20. The maximum absolute atomic E-state index is 13.2. The Morgan fingerprint density at radius 1 is 1.53 bits per heavy atom. The number of halogens is 1. The Balaban J connectivity index is 2.12. The van der Waals surface area contributed by atoms with Gasteiger partial charge in [-0.3, -0.25) is 4.79 Å². The van der Waals surface area contributed by atoms with Crippen LogP contribution in [0.2, 0.25) is 0 Å². The van der Waals surface area contributed by atoms with Gasteiger partial charge in [-0.15, -0.1) is 0 Å². The van der Waals surface area contributed by atoms with E-state index in [0.29, 0.717) is 36.3 Å². The minimum absolute atomic E-state index is 0.222. The molecule has 0 spiro atoms. The lowest BCUT2D eigenvalue weighted by atomic mass is 10.3. The van der Waals surface area contributed by atoms with Crippen molar-refractivity contribution in [3.8, 4) is 0 Å². The fraction of sp³-hybridized carbons (Fsp3) is 0.385. The molecule has 0 amide bonds. The van der Waals surface area contributed by atoms with Crippen LogP contribution >= 0.6 is 12.2 Å². The molecule has 0 radical (unpaired) electrons. The highest BCUT2D eigenvalue weighted by Gasteiger charge is 2.07. The van der Waals surface area contributed by atoms with Gasteiger partial charge in [0.25, 0.3) is 0 Å². The summed E-state index contributed by atoms with van der Waals surface area (Å²) in [6, 6.07) is 4.48. The average molecular weight is 282 g/mol. The van der Waals surface area contributed by atoms with Crippen molar-refractivity contribution >= 4 is 29.2 Å². The molecule has 0 aliphatic carbocycles. The summed E-state index contributed by atoms with van der Waals surface area (Å²) in [4.78, 5) is 14.3. The number of nitrogens with zero attached hydrogens (tertiary/aromatic N) is 1. The molecule has 6 heteroatoms. The van der Waals surface area contributed by atoms with Gasteiger partial charge in [-0.25, -0.2) is 4.39 Å². The van der Waals surface area contributed by atoms with Crippen molar-refractivity contribution in [2.24, 2.45) is 0 Å². The third-order valence-electron chi connectivity index (χ3n) is 2.81. The number of imidazole rings is 1. The third-order valence-corrected chi connectivity index (χ3v) is 3.13. The van der Waals surface area contributed by atoms with Crippen LogP contribution < -0.4 is 0 Å². The number of aromatic amines is 1. The van der Waals surface area contributed by atoms with E-state index in [1.165, 1.54) is 12.1 Å². The monoisotopic (exact) mass is 282 g/mol. The van der Waals surface area contributed by atoms with Crippen molar-refractivity contribution in [1.82, 2.24) is 9.55 Å². The number of nitrogens with one attached hydrogen (secondary N) is 1. The second-order valence-corrected chi connectivity index (χ2v) is 4.54. The molecular formula is C13H15FN2O2S. The number of benzene rings is 1.